The molecule has 2 aromatic carbocycles. The molecule has 2 amide bonds. The van der Waals surface area contributed by atoms with Gasteiger partial charge in [-0.2, -0.15) is 0 Å². The average molecular weight is 502 g/mol. The topological polar surface area (TPSA) is 65.1 Å². The Morgan fingerprint density at radius 1 is 1.16 bits per heavy atom. The molecule has 1 aliphatic rings. The number of halogens is 1. The standard InChI is InChI=1S/C23H20BrNO5S/c1-3-11-30-21-18(24)13-16(14-19(21)28-4-2)15-20-22(26)25(23(27)31-20)10-12-29-17-8-6-5-7-9-17/h1,5-9,13-15H,4,10-12H2,2H3/b20-15-. The number of terminal acetylenes is 1. The summed E-state index contributed by atoms with van der Waals surface area (Å²) in [6.45, 7) is 2.77. The van der Waals surface area contributed by atoms with Crippen LogP contribution in [0.3, 0.4) is 0 Å². The SMILES string of the molecule is C#CCOc1c(Br)cc(/C=C2\SC(=O)N(CCOc3ccccc3)C2=O)cc1OCC. The number of carbonyl (C=O) groups excluding carboxylic acids is 2. The van der Waals surface area contributed by atoms with E-state index in [0.29, 0.717) is 38.8 Å². The molecule has 6 nitrogen and oxygen atoms in total. The number of thioether (sulfide) groups is 1. The molecule has 0 aromatic heterocycles. The van der Waals surface area contributed by atoms with Gasteiger partial charge in [0.2, 0.25) is 0 Å². The van der Waals surface area contributed by atoms with Crippen LogP contribution in [0.15, 0.2) is 51.8 Å². The Labute approximate surface area is 193 Å². The molecule has 0 spiro atoms. The number of carbonyl (C=O) groups is 2. The molecule has 1 aliphatic heterocycles. The quantitative estimate of drug-likeness (QED) is 0.356. The third kappa shape index (κ3) is 5.84. The van der Waals surface area contributed by atoms with Crippen LogP contribution < -0.4 is 14.2 Å². The van der Waals surface area contributed by atoms with Gasteiger partial charge in [-0.3, -0.25) is 14.5 Å². The van der Waals surface area contributed by atoms with Gasteiger partial charge in [-0.15, -0.1) is 6.42 Å². The van der Waals surface area contributed by atoms with E-state index < -0.39 is 0 Å². The maximum atomic E-state index is 12.7. The molecule has 1 fully saturated rings. The minimum absolute atomic E-state index is 0.0992. The number of ether oxygens (including phenoxy) is 3. The van der Waals surface area contributed by atoms with Crippen LogP contribution in [0.4, 0.5) is 4.79 Å². The molecule has 0 radical (unpaired) electrons. The summed E-state index contributed by atoms with van der Waals surface area (Å²) in [5.74, 6) is 3.73. The molecule has 160 valence electrons. The van der Waals surface area contributed by atoms with Crippen LogP contribution in [-0.2, 0) is 4.79 Å². The minimum atomic E-state index is -0.353. The molecular formula is C23H20BrNO5S. The molecule has 0 aliphatic carbocycles. The lowest BCUT2D eigenvalue weighted by Crippen LogP contribution is -2.32. The molecule has 0 saturated carbocycles. The van der Waals surface area contributed by atoms with Crippen LogP contribution in [0, 0.1) is 12.3 Å². The van der Waals surface area contributed by atoms with E-state index in [9.17, 15) is 9.59 Å². The second kappa shape index (κ2) is 10.9. The van der Waals surface area contributed by atoms with Crippen molar-refractivity contribution in [1.82, 2.24) is 4.90 Å². The first-order valence-electron chi connectivity index (χ1n) is 9.49. The van der Waals surface area contributed by atoms with Gasteiger partial charge in [0.05, 0.1) is 22.5 Å². The van der Waals surface area contributed by atoms with Crippen molar-refractivity contribution < 1.29 is 23.8 Å². The van der Waals surface area contributed by atoms with Crippen LogP contribution in [-0.4, -0.2) is 42.4 Å². The van der Waals surface area contributed by atoms with E-state index in [0.717, 1.165) is 11.8 Å². The van der Waals surface area contributed by atoms with Crippen molar-refractivity contribution in [3.8, 4) is 29.6 Å². The lowest BCUT2D eigenvalue weighted by Gasteiger charge is -2.14. The number of hydrogen-bond acceptors (Lipinski definition) is 6. The van der Waals surface area contributed by atoms with E-state index >= 15 is 0 Å². The maximum Gasteiger partial charge on any atom is 0.293 e. The molecule has 2 aromatic rings. The van der Waals surface area contributed by atoms with Crippen LogP contribution in [0.1, 0.15) is 12.5 Å². The van der Waals surface area contributed by atoms with Crippen LogP contribution in [0.5, 0.6) is 17.2 Å². The molecule has 1 saturated heterocycles. The Kier molecular flexibility index (Phi) is 8.04. The number of amides is 2. The zero-order valence-electron chi connectivity index (χ0n) is 16.8. The second-order valence-electron chi connectivity index (χ2n) is 6.25. The van der Waals surface area contributed by atoms with Gasteiger partial charge in [-0.05, 0) is 70.5 Å². The third-order valence-corrected chi connectivity index (χ3v) is 5.63. The van der Waals surface area contributed by atoms with Crippen molar-refractivity contribution in [1.29, 1.82) is 0 Å². The molecule has 31 heavy (non-hydrogen) atoms. The highest BCUT2D eigenvalue weighted by Crippen LogP contribution is 2.39. The summed E-state index contributed by atoms with van der Waals surface area (Å²) >= 11 is 4.35. The van der Waals surface area contributed by atoms with Gasteiger partial charge in [0.25, 0.3) is 11.1 Å². The molecule has 1 heterocycles. The summed E-state index contributed by atoms with van der Waals surface area (Å²) in [5.41, 5.74) is 0.689. The van der Waals surface area contributed by atoms with Crippen molar-refractivity contribution in [3.63, 3.8) is 0 Å². The fourth-order valence-electron chi connectivity index (χ4n) is 2.80. The monoisotopic (exact) mass is 501 g/mol. The predicted octanol–water partition coefficient (Wildman–Crippen LogP) is 4.98. The Hall–Kier alpha value is -2.89. The summed E-state index contributed by atoms with van der Waals surface area (Å²) in [6, 6.07) is 12.8. The smallest absolute Gasteiger partial charge is 0.293 e. The summed E-state index contributed by atoms with van der Waals surface area (Å²) in [4.78, 5) is 26.6. The summed E-state index contributed by atoms with van der Waals surface area (Å²) in [6.07, 6.45) is 6.93. The largest absolute Gasteiger partial charge is 0.492 e. The van der Waals surface area contributed by atoms with Crippen LogP contribution >= 0.6 is 27.7 Å². The van der Waals surface area contributed by atoms with Gasteiger partial charge in [-0.25, -0.2) is 0 Å². The Morgan fingerprint density at radius 3 is 2.65 bits per heavy atom. The first-order valence-corrected chi connectivity index (χ1v) is 11.1. The third-order valence-electron chi connectivity index (χ3n) is 4.13. The molecule has 0 N–H and O–H groups in total. The van der Waals surface area contributed by atoms with Gasteiger partial charge >= 0.3 is 0 Å². The lowest BCUT2D eigenvalue weighted by molar-refractivity contribution is -0.123. The van der Waals surface area contributed by atoms with Crippen molar-refractivity contribution in [2.24, 2.45) is 0 Å². The fourth-order valence-corrected chi connectivity index (χ4v) is 4.24. The van der Waals surface area contributed by atoms with Gasteiger partial charge < -0.3 is 14.2 Å². The van der Waals surface area contributed by atoms with Crippen molar-refractivity contribution >= 4 is 44.9 Å². The highest BCUT2D eigenvalue weighted by molar-refractivity contribution is 9.10. The lowest BCUT2D eigenvalue weighted by atomic mass is 10.2. The van der Waals surface area contributed by atoms with Gasteiger partial charge in [0, 0.05) is 0 Å². The Bertz CT molecular complexity index is 1030. The zero-order chi connectivity index (χ0) is 22.2. The zero-order valence-corrected chi connectivity index (χ0v) is 19.2. The summed E-state index contributed by atoms with van der Waals surface area (Å²) < 4.78 is 17.4. The second-order valence-corrected chi connectivity index (χ2v) is 8.10. The number of imide groups is 1. The van der Waals surface area contributed by atoms with Gasteiger partial charge in [0.1, 0.15) is 19.0 Å². The maximum absolute atomic E-state index is 12.7. The average Bonchev–Trinajstić information content (AvgIpc) is 3.01. The van der Waals surface area contributed by atoms with Gasteiger partial charge in [-0.1, -0.05) is 24.1 Å². The van der Waals surface area contributed by atoms with E-state index in [2.05, 4.69) is 21.9 Å². The van der Waals surface area contributed by atoms with E-state index in [1.165, 1.54) is 4.90 Å². The first-order chi connectivity index (χ1) is 15.0. The van der Waals surface area contributed by atoms with Crippen molar-refractivity contribution in [2.45, 2.75) is 6.92 Å². The molecule has 3 rings (SSSR count). The molecule has 0 unspecified atom stereocenters. The number of nitrogens with zero attached hydrogens (tertiary/aromatic N) is 1. The van der Waals surface area contributed by atoms with Crippen molar-refractivity contribution in [3.05, 3.63) is 57.4 Å². The minimum Gasteiger partial charge on any atom is -0.492 e. The van der Waals surface area contributed by atoms with Crippen LogP contribution in [0.2, 0.25) is 0 Å². The Morgan fingerprint density at radius 2 is 1.94 bits per heavy atom. The van der Waals surface area contributed by atoms with Gasteiger partial charge in [0.15, 0.2) is 11.5 Å². The highest BCUT2D eigenvalue weighted by atomic mass is 79.9. The number of hydrogen-bond donors (Lipinski definition) is 0. The number of benzene rings is 2. The highest BCUT2D eigenvalue weighted by Gasteiger charge is 2.34. The number of rotatable bonds is 9. The molecule has 0 atom stereocenters. The molecule has 0 bridgehead atoms. The van der Waals surface area contributed by atoms with E-state index in [4.69, 9.17) is 20.6 Å². The van der Waals surface area contributed by atoms with Crippen molar-refractivity contribution in [2.75, 3.05) is 26.4 Å². The molecule has 8 heteroatoms. The fraction of sp³-hybridized carbons (Fsp3) is 0.217. The van der Waals surface area contributed by atoms with E-state index in [1.807, 2.05) is 37.3 Å². The van der Waals surface area contributed by atoms with Crippen LogP contribution in [0.25, 0.3) is 6.08 Å². The summed E-state index contributed by atoms with van der Waals surface area (Å²) in [7, 11) is 0. The predicted molar refractivity (Wildman–Crippen MR) is 124 cm³/mol. The van der Waals surface area contributed by atoms with E-state index in [1.54, 1.807) is 18.2 Å². The Balaban J connectivity index is 1.73. The first kappa shape index (κ1) is 22.8. The normalized spacial score (nSPS) is 14.6. The summed E-state index contributed by atoms with van der Waals surface area (Å²) in [5, 5.41) is -0.328. The number of para-hydroxylation sites is 1. The van der Waals surface area contributed by atoms with E-state index in [-0.39, 0.29) is 30.9 Å². The molecular weight excluding hydrogens is 482 g/mol.